The zero-order valence-electron chi connectivity index (χ0n) is 8.31. The van der Waals surface area contributed by atoms with Gasteiger partial charge in [0, 0.05) is 0 Å². The molecule has 0 radical (unpaired) electrons. The van der Waals surface area contributed by atoms with Crippen LogP contribution in [0.2, 0.25) is 0 Å². The second-order valence-electron chi connectivity index (χ2n) is 3.64. The van der Waals surface area contributed by atoms with Gasteiger partial charge in [-0.3, -0.25) is 0 Å². The first kappa shape index (κ1) is 9.00. The summed E-state index contributed by atoms with van der Waals surface area (Å²) in [6.07, 6.45) is -0.284. The Morgan fingerprint density at radius 2 is 1.93 bits per heavy atom. The minimum atomic E-state index is -0.231. The molecule has 1 aromatic carbocycles. The number of ether oxygens (including phenoxy) is 3. The van der Waals surface area contributed by atoms with Crippen molar-refractivity contribution in [2.75, 3.05) is 25.1 Å². The van der Waals surface area contributed by atoms with E-state index in [1.807, 2.05) is 24.3 Å². The molecule has 0 bridgehead atoms. The molecule has 2 aliphatic rings. The molecule has 2 aliphatic heterocycles. The molecule has 0 aliphatic carbocycles. The molecule has 80 valence electrons. The number of hydrogen-bond acceptors (Lipinski definition) is 4. The Morgan fingerprint density at radius 1 is 1.13 bits per heavy atom. The van der Waals surface area contributed by atoms with Gasteiger partial charge in [0.1, 0.15) is 5.75 Å². The normalized spacial score (nSPS) is 25.5. The fourth-order valence-corrected chi connectivity index (χ4v) is 1.87. The van der Waals surface area contributed by atoms with Crippen molar-refractivity contribution in [2.24, 2.45) is 0 Å². The Kier molecular flexibility index (Phi) is 2.23. The number of fused-ring (bicyclic) bond motifs is 1. The van der Waals surface area contributed by atoms with Gasteiger partial charge in [-0.15, -0.1) is 0 Å². The Balaban J connectivity index is 1.76. The molecule has 3 rings (SSSR count). The minimum Gasteiger partial charge on any atom is -0.481 e. The zero-order valence-corrected chi connectivity index (χ0v) is 8.31. The van der Waals surface area contributed by atoms with Crippen molar-refractivity contribution >= 4 is 5.69 Å². The summed E-state index contributed by atoms with van der Waals surface area (Å²) in [4.78, 5) is 0. The van der Waals surface area contributed by atoms with E-state index in [-0.39, 0.29) is 12.4 Å². The lowest BCUT2D eigenvalue weighted by Crippen LogP contribution is -2.41. The van der Waals surface area contributed by atoms with Crippen LogP contribution >= 0.6 is 0 Å². The maximum absolute atomic E-state index is 5.80. The van der Waals surface area contributed by atoms with Crippen LogP contribution in [0.4, 0.5) is 5.69 Å². The van der Waals surface area contributed by atoms with Crippen LogP contribution in [-0.2, 0) is 9.47 Å². The summed E-state index contributed by atoms with van der Waals surface area (Å²) in [5, 5.41) is 3.30. The standard InChI is InChI=1S/C11H13NO3/c1-2-4-9-8(3-1)12-7-10(15-9)11-13-5-6-14-11/h1-4,10-12H,5-7H2. The second-order valence-corrected chi connectivity index (χ2v) is 3.64. The molecule has 1 atom stereocenters. The number of nitrogens with one attached hydrogen (secondary N) is 1. The number of para-hydroxylation sites is 2. The van der Waals surface area contributed by atoms with E-state index in [4.69, 9.17) is 14.2 Å². The fourth-order valence-electron chi connectivity index (χ4n) is 1.87. The van der Waals surface area contributed by atoms with Gasteiger partial charge in [0.05, 0.1) is 25.4 Å². The molecular formula is C11H13NO3. The monoisotopic (exact) mass is 207 g/mol. The van der Waals surface area contributed by atoms with Crippen molar-refractivity contribution in [1.29, 1.82) is 0 Å². The van der Waals surface area contributed by atoms with Crippen molar-refractivity contribution in [3.63, 3.8) is 0 Å². The first-order valence-electron chi connectivity index (χ1n) is 5.16. The molecule has 15 heavy (non-hydrogen) atoms. The van der Waals surface area contributed by atoms with Crippen LogP contribution in [0.5, 0.6) is 5.75 Å². The van der Waals surface area contributed by atoms with Gasteiger partial charge in [-0.05, 0) is 12.1 Å². The van der Waals surface area contributed by atoms with Gasteiger partial charge >= 0.3 is 0 Å². The Hall–Kier alpha value is -1.26. The van der Waals surface area contributed by atoms with E-state index in [1.165, 1.54) is 0 Å². The molecule has 0 aromatic heterocycles. The molecule has 1 aromatic rings. The Labute approximate surface area is 88.1 Å². The smallest absolute Gasteiger partial charge is 0.196 e. The highest BCUT2D eigenvalue weighted by atomic mass is 16.7. The second kappa shape index (κ2) is 3.72. The molecule has 4 nitrogen and oxygen atoms in total. The third-order valence-corrected chi connectivity index (χ3v) is 2.61. The van der Waals surface area contributed by atoms with Crippen LogP contribution in [0.25, 0.3) is 0 Å². The maximum atomic E-state index is 5.80. The summed E-state index contributed by atoms with van der Waals surface area (Å²) in [5.74, 6) is 0.868. The van der Waals surface area contributed by atoms with Crippen LogP contribution < -0.4 is 10.1 Å². The lowest BCUT2D eigenvalue weighted by molar-refractivity contribution is -0.107. The van der Waals surface area contributed by atoms with E-state index >= 15 is 0 Å². The molecule has 1 fully saturated rings. The van der Waals surface area contributed by atoms with Crippen LogP contribution in [0.15, 0.2) is 24.3 Å². The van der Waals surface area contributed by atoms with E-state index in [1.54, 1.807) is 0 Å². The number of benzene rings is 1. The lowest BCUT2D eigenvalue weighted by Gasteiger charge is -2.29. The third-order valence-electron chi connectivity index (χ3n) is 2.61. The van der Waals surface area contributed by atoms with Crippen LogP contribution in [0, 0.1) is 0 Å². The SMILES string of the molecule is c1ccc2c(c1)NCC(C1OCCO1)O2. The molecular weight excluding hydrogens is 194 g/mol. The van der Waals surface area contributed by atoms with E-state index < -0.39 is 0 Å². The highest BCUT2D eigenvalue weighted by Gasteiger charge is 2.31. The highest BCUT2D eigenvalue weighted by Crippen LogP contribution is 2.30. The molecule has 2 heterocycles. The van der Waals surface area contributed by atoms with Crippen molar-refractivity contribution < 1.29 is 14.2 Å². The molecule has 0 spiro atoms. The van der Waals surface area contributed by atoms with Gasteiger partial charge in [0.15, 0.2) is 12.4 Å². The lowest BCUT2D eigenvalue weighted by atomic mass is 10.2. The Bertz CT molecular complexity index is 349. The van der Waals surface area contributed by atoms with E-state index in [9.17, 15) is 0 Å². The molecule has 1 saturated heterocycles. The van der Waals surface area contributed by atoms with E-state index in [0.717, 1.165) is 18.0 Å². The molecule has 0 amide bonds. The van der Waals surface area contributed by atoms with Crippen molar-refractivity contribution in [3.8, 4) is 5.75 Å². The van der Waals surface area contributed by atoms with Gasteiger partial charge in [0.2, 0.25) is 0 Å². The number of anilines is 1. The number of hydrogen-bond donors (Lipinski definition) is 1. The fraction of sp³-hybridized carbons (Fsp3) is 0.455. The van der Waals surface area contributed by atoms with Gasteiger partial charge in [-0.2, -0.15) is 0 Å². The predicted octanol–water partition coefficient (Wildman–Crippen LogP) is 1.23. The number of rotatable bonds is 1. The average Bonchev–Trinajstić information content (AvgIpc) is 2.82. The quantitative estimate of drug-likeness (QED) is 0.752. The maximum Gasteiger partial charge on any atom is 0.196 e. The highest BCUT2D eigenvalue weighted by molar-refractivity contribution is 5.57. The summed E-state index contributed by atoms with van der Waals surface area (Å²) in [5.41, 5.74) is 1.03. The minimum absolute atomic E-state index is 0.0533. The molecule has 4 heteroatoms. The first-order chi connectivity index (χ1) is 7.43. The summed E-state index contributed by atoms with van der Waals surface area (Å²) >= 11 is 0. The van der Waals surface area contributed by atoms with Crippen molar-refractivity contribution in [2.45, 2.75) is 12.4 Å². The van der Waals surface area contributed by atoms with Gasteiger partial charge in [0.25, 0.3) is 0 Å². The van der Waals surface area contributed by atoms with Crippen molar-refractivity contribution in [3.05, 3.63) is 24.3 Å². The van der Waals surface area contributed by atoms with Gasteiger partial charge < -0.3 is 19.5 Å². The van der Waals surface area contributed by atoms with Crippen LogP contribution in [-0.4, -0.2) is 32.2 Å². The summed E-state index contributed by atoms with van der Waals surface area (Å²) in [6, 6.07) is 7.89. The summed E-state index contributed by atoms with van der Waals surface area (Å²) in [6.45, 7) is 2.04. The largest absolute Gasteiger partial charge is 0.481 e. The van der Waals surface area contributed by atoms with Crippen molar-refractivity contribution in [1.82, 2.24) is 0 Å². The van der Waals surface area contributed by atoms with E-state index in [2.05, 4.69) is 5.32 Å². The zero-order chi connectivity index (χ0) is 10.1. The first-order valence-corrected chi connectivity index (χ1v) is 5.16. The topological polar surface area (TPSA) is 39.7 Å². The Morgan fingerprint density at radius 3 is 2.80 bits per heavy atom. The third kappa shape index (κ3) is 1.66. The predicted molar refractivity (Wildman–Crippen MR) is 55.0 cm³/mol. The summed E-state index contributed by atoms with van der Waals surface area (Å²) in [7, 11) is 0. The molecule has 1 unspecified atom stereocenters. The molecule has 0 saturated carbocycles. The average molecular weight is 207 g/mol. The van der Waals surface area contributed by atoms with E-state index in [0.29, 0.717) is 13.2 Å². The van der Waals surface area contributed by atoms with Crippen LogP contribution in [0.1, 0.15) is 0 Å². The summed E-state index contributed by atoms with van der Waals surface area (Å²) < 4.78 is 16.6. The van der Waals surface area contributed by atoms with Gasteiger partial charge in [-0.1, -0.05) is 12.1 Å². The molecule has 1 N–H and O–H groups in total. The van der Waals surface area contributed by atoms with Gasteiger partial charge in [-0.25, -0.2) is 0 Å². The van der Waals surface area contributed by atoms with Crippen LogP contribution in [0.3, 0.4) is 0 Å².